The van der Waals surface area contributed by atoms with E-state index in [1.165, 1.54) is 12.5 Å². The topological polar surface area (TPSA) is 23.6 Å². The van der Waals surface area contributed by atoms with Gasteiger partial charge in [0.2, 0.25) is 5.91 Å². The van der Waals surface area contributed by atoms with Gasteiger partial charge in [0.1, 0.15) is 0 Å². The number of amides is 1. The predicted octanol–water partition coefficient (Wildman–Crippen LogP) is 0.725. The highest BCUT2D eigenvalue weighted by Crippen LogP contribution is 2.13. The summed E-state index contributed by atoms with van der Waals surface area (Å²) < 4.78 is 0. The molecule has 0 N–H and O–H groups in total. The van der Waals surface area contributed by atoms with Crippen molar-refractivity contribution in [3.05, 3.63) is 12.7 Å². The van der Waals surface area contributed by atoms with Gasteiger partial charge in [0.05, 0.1) is 0 Å². The lowest BCUT2D eigenvalue weighted by Gasteiger charge is -2.43. The van der Waals surface area contributed by atoms with Crippen LogP contribution in [0.1, 0.15) is 13.3 Å². The molecule has 0 aromatic rings. The standard InChI is InChI=1S/C10H18N2O/c1-4-6-11(3)9-7-12(8-9)10(13)5-2/h5,9H,2,4,6-8H2,1,3H3. The predicted molar refractivity (Wildman–Crippen MR) is 53.5 cm³/mol. The molecule has 0 aromatic carbocycles. The van der Waals surface area contributed by atoms with Crippen molar-refractivity contribution < 1.29 is 4.79 Å². The van der Waals surface area contributed by atoms with Crippen molar-refractivity contribution in [2.24, 2.45) is 0 Å². The van der Waals surface area contributed by atoms with Crippen LogP contribution in [0.15, 0.2) is 12.7 Å². The highest BCUT2D eigenvalue weighted by Gasteiger charge is 2.31. The fraction of sp³-hybridized carbons (Fsp3) is 0.700. The van der Waals surface area contributed by atoms with Crippen molar-refractivity contribution in [3.63, 3.8) is 0 Å². The molecule has 74 valence electrons. The van der Waals surface area contributed by atoms with Gasteiger partial charge < -0.3 is 4.90 Å². The number of carbonyl (C=O) groups excluding carboxylic acids is 1. The molecule has 1 heterocycles. The maximum absolute atomic E-state index is 11.1. The first-order chi connectivity index (χ1) is 6.19. The second kappa shape index (κ2) is 4.42. The van der Waals surface area contributed by atoms with Gasteiger partial charge in [-0.3, -0.25) is 9.69 Å². The van der Waals surface area contributed by atoms with E-state index < -0.39 is 0 Å². The Labute approximate surface area is 80.0 Å². The van der Waals surface area contributed by atoms with Gasteiger partial charge in [-0.1, -0.05) is 13.5 Å². The summed E-state index contributed by atoms with van der Waals surface area (Å²) in [5.74, 6) is 0.0566. The van der Waals surface area contributed by atoms with Crippen LogP contribution in [0.4, 0.5) is 0 Å². The lowest BCUT2D eigenvalue weighted by molar-refractivity contribution is -0.132. The molecule has 0 aliphatic carbocycles. The van der Waals surface area contributed by atoms with E-state index in [1.54, 1.807) is 0 Å². The molecule has 0 unspecified atom stereocenters. The zero-order valence-electron chi connectivity index (χ0n) is 8.49. The fourth-order valence-corrected chi connectivity index (χ4v) is 1.58. The summed E-state index contributed by atoms with van der Waals surface area (Å²) in [5, 5.41) is 0. The SMILES string of the molecule is C=CC(=O)N1CC(N(C)CCC)C1. The number of likely N-dealkylation sites (N-methyl/N-ethyl adjacent to an activating group) is 1. The summed E-state index contributed by atoms with van der Waals surface area (Å²) in [6, 6.07) is 0.559. The molecular formula is C10H18N2O. The number of rotatable bonds is 4. The summed E-state index contributed by atoms with van der Waals surface area (Å²) in [4.78, 5) is 15.2. The normalized spacial score (nSPS) is 17.3. The van der Waals surface area contributed by atoms with Crippen molar-refractivity contribution in [2.75, 3.05) is 26.7 Å². The van der Waals surface area contributed by atoms with Crippen LogP contribution in [0, 0.1) is 0 Å². The first-order valence-electron chi connectivity index (χ1n) is 4.80. The second-order valence-corrected chi connectivity index (χ2v) is 3.58. The maximum atomic E-state index is 11.1. The van der Waals surface area contributed by atoms with Crippen LogP contribution in [0.2, 0.25) is 0 Å². The minimum absolute atomic E-state index is 0.0566. The van der Waals surface area contributed by atoms with Crippen LogP contribution < -0.4 is 0 Å². The summed E-state index contributed by atoms with van der Waals surface area (Å²) in [5.41, 5.74) is 0. The van der Waals surface area contributed by atoms with Crippen LogP contribution >= 0.6 is 0 Å². The van der Waals surface area contributed by atoms with Gasteiger partial charge >= 0.3 is 0 Å². The van der Waals surface area contributed by atoms with Crippen molar-refractivity contribution in [3.8, 4) is 0 Å². The Morgan fingerprint density at radius 2 is 2.31 bits per heavy atom. The number of likely N-dealkylation sites (tertiary alicyclic amines) is 1. The summed E-state index contributed by atoms with van der Waals surface area (Å²) in [6.07, 6.45) is 2.55. The third-order valence-corrected chi connectivity index (χ3v) is 2.55. The average Bonchev–Trinajstić information content (AvgIpc) is 2.01. The van der Waals surface area contributed by atoms with Crippen molar-refractivity contribution in [1.29, 1.82) is 0 Å². The maximum Gasteiger partial charge on any atom is 0.246 e. The van der Waals surface area contributed by atoms with E-state index in [9.17, 15) is 4.79 Å². The smallest absolute Gasteiger partial charge is 0.246 e. The minimum atomic E-state index is 0.0566. The summed E-state index contributed by atoms with van der Waals surface area (Å²) in [7, 11) is 2.11. The molecule has 0 radical (unpaired) electrons. The fourth-order valence-electron chi connectivity index (χ4n) is 1.58. The lowest BCUT2D eigenvalue weighted by Crippen LogP contribution is -2.59. The molecule has 1 saturated heterocycles. The average molecular weight is 182 g/mol. The largest absolute Gasteiger partial charge is 0.336 e. The highest BCUT2D eigenvalue weighted by atomic mass is 16.2. The van der Waals surface area contributed by atoms with Crippen molar-refractivity contribution in [2.45, 2.75) is 19.4 Å². The number of hydrogen-bond acceptors (Lipinski definition) is 2. The Morgan fingerprint density at radius 3 is 2.77 bits per heavy atom. The van der Waals surface area contributed by atoms with Gasteiger partial charge in [-0.2, -0.15) is 0 Å². The molecule has 1 fully saturated rings. The van der Waals surface area contributed by atoms with Crippen LogP contribution in [-0.4, -0.2) is 48.4 Å². The van der Waals surface area contributed by atoms with E-state index in [2.05, 4.69) is 25.5 Å². The van der Waals surface area contributed by atoms with Crippen molar-refractivity contribution in [1.82, 2.24) is 9.80 Å². The molecule has 1 amide bonds. The lowest BCUT2D eigenvalue weighted by atomic mass is 10.1. The molecule has 0 aromatic heterocycles. The molecule has 3 heteroatoms. The minimum Gasteiger partial charge on any atom is -0.336 e. The number of carbonyl (C=O) groups is 1. The van der Waals surface area contributed by atoms with Gasteiger partial charge in [0.15, 0.2) is 0 Å². The Kier molecular flexibility index (Phi) is 3.48. The molecule has 0 saturated carbocycles. The van der Waals surface area contributed by atoms with Crippen LogP contribution in [0.25, 0.3) is 0 Å². The van der Waals surface area contributed by atoms with E-state index in [-0.39, 0.29) is 5.91 Å². The Balaban J connectivity index is 2.24. The molecule has 0 bridgehead atoms. The third kappa shape index (κ3) is 2.31. The van der Waals surface area contributed by atoms with Crippen LogP contribution in [0.5, 0.6) is 0 Å². The molecule has 1 aliphatic heterocycles. The van der Waals surface area contributed by atoms with E-state index in [4.69, 9.17) is 0 Å². The van der Waals surface area contributed by atoms with Crippen LogP contribution in [-0.2, 0) is 4.79 Å². The molecular weight excluding hydrogens is 164 g/mol. The number of nitrogens with zero attached hydrogens (tertiary/aromatic N) is 2. The first kappa shape index (κ1) is 10.3. The van der Waals surface area contributed by atoms with Crippen LogP contribution in [0.3, 0.4) is 0 Å². The summed E-state index contributed by atoms with van der Waals surface area (Å²) in [6.45, 7) is 8.47. The Bertz CT molecular complexity index is 197. The molecule has 13 heavy (non-hydrogen) atoms. The third-order valence-electron chi connectivity index (χ3n) is 2.55. The van der Waals surface area contributed by atoms with Crippen molar-refractivity contribution >= 4 is 5.91 Å². The Morgan fingerprint density at radius 1 is 1.69 bits per heavy atom. The van der Waals surface area contributed by atoms with E-state index in [0.29, 0.717) is 6.04 Å². The van der Waals surface area contributed by atoms with Gasteiger partial charge in [-0.05, 0) is 26.1 Å². The molecule has 0 atom stereocenters. The first-order valence-corrected chi connectivity index (χ1v) is 4.80. The van der Waals surface area contributed by atoms with Gasteiger partial charge in [-0.15, -0.1) is 0 Å². The quantitative estimate of drug-likeness (QED) is 0.598. The zero-order valence-corrected chi connectivity index (χ0v) is 8.49. The second-order valence-electron chi connectivity index (χ2n) is 3.58. The van der Waals surface area contributed by atoms with Gasteiger partial charge in [0, 0.05) is 19.1 Å². The van der Waals surface area contributed by atoms with Gasteiger partial charge in [0.25, 0.3) is 0 Å². The van der Waals surface area contributed by atoms with E-state index in [1.807, 2.05) is 4.90 Å². The Hall–Kier alpha value is -0.830. The monoisotopic (exact) mass is 182 g/mol. The van der Waals surface area contributed by atoms with Gasteiger partial charge in [-0.25, -0.2) is 0 Å². The number of hydrogen-bond donors (Lipinski definition) is 0. The summed E-state index contributed by atoms with van der Waals surface area (Å²) >= 11 is 0. The van der Waals surface area contributed by atoms with E-state index >= 15 is 0 Å². The zero-order chi connectivity index (χ0) is 9.84. The molecule has 1 aliphatic rings. The highest BCUT2D eigenvalue weighted by molar-refractivity contribution is 5.87. The molecule has 3 nitrogen and oxygen atoms in total. The molecule has 0 spiro atoms. The van der Waals surface area contributed by atoms with E-state index in [0.717, 1.165) is 19.6 Å². The molecule has 1 rings (SSSR count).